The van der Waals surface area contributed by atoms with E-state index in [1.54, 1.807) is 0 Å². The fraction of sp³-hybridized carbons (Fsp3) is 0.417. The summed E-state index contributed by atoms with van der Waals surface area (Å²) in [5.74, 6) is -0.868. The van der Waals surface area contributed by atoms with Gasteiger partial charge in [-0.2, -0.15) is 0 Å². The Morgan fingerprint density at radius 1 is 1.32 bits per heavy atom. The smallest absolute Gasteiger partial charge is 0.267 e. The number of hydrogen-bond acceptors (Lipinski definition) is 4. The van der Waals surface area contributed by atoms with E-state index in [1.807, 2.05) is 0 Å². The SMILES string of the molecule is NC1=N[C@@](c2cc(N)ccc2F)(C(F)F)CCOC1. The first kappa shape index (κ1) is 13.7. The third-order valence-electron chi connectivity index (χ3n) is 3.04. The molecule has 1 heterocycles. The summed E-state index contributed by atoms with van der Waals surface area (Å²) in [6.07, 6.45) is -3.07. The minimum absolute atomic E-state index is 0.0166. The molecule has 0 amide bonds. The van der Waals surface area contributed by atoms with E-state index in [0.29, 0.717) is 0 Å². The molecule has 0 aromatic heterocycles. The molecule has 0 spiro atoms. The van der Waals surface area contributed by atoms with Crippen molar-refractivity contribution in [1.29, 1.82) is 0 Å². The molecule has 0 radical (unpaired) electrons. The van der Waals surface area contributed by atoms with E-state index in [4.69, 9.17) is 16.2 Å². The summed E-state index contributed by atoms with van der Waals surface area (Å²) in [4.78, 5) is 3.80. The molecule has 4 N–H and O–H groups in total. The molecule has 1 aliphatic heterocycles. The zero-order chi connectivity index (χ0) is 14.0. The Hall–Kier alpha value is -1.76. The van der Waals surface area contributed by atoms with Crippen LogP contribution in [-0.4, -0.2) is 25.5 Å². The van der Waals surface area contributed by atoms with E-state index in [9.17, 15) is 13.2 Å². The lowest BCUT2D eigenvalue weighted by atomic mass is 9.87. The lowest BCUT2D eigenvalue weighted by Gasteiger charge is -2.29. The molecule has 19 heavy (non-hydrogen) atoms. The lowest BCUT2D eigenvalue weighted by Crippen LogP contribution is -2.36. The van der Waals surface area contributed by atoms with E-state index in [1.165, 1.54) is 12.1 Å². The second kappa shape index (κ2) is 5.08. The van der Waals surface area contributed by atoms with Gasteiger partial charge in [-0.15, -0.1) is 0 Å². The molecule has 0 bridgehead atoms. The maximum absolute atomic E-state index is 13.9. The number of anilines is 1. The predicted molar refractivity (Wildman–Crippen MR) is 65.6 cm³/mol. The van der Waals surface area contributed by atoms with Crippen molar-refractivity contribution >= 4 is 11.5 Å². The number of alkyl halides is 2. The molecule has 2 rings (SSSR count). The van der Waals surface area contributed by atoms with Gasteiger partial charge in [-0.1, -0.05) is 0 Å². The van der Waals surface area contributed by atoms with Crippen LogP contribution in [0.25, 0.3) is 0 Å². The average Bonchev–Trinajstić information content (AvgIpc) is 2.55. The highest BCUT2D eigenvalue weighted by molar-refractivity contribution is 5.82. The maximum Gasteiger partial charge on any atom is 0.267 e. The predicted octanol–water partition coefficient (Wildman–Crippen LogP) is 1.65. The summed E-state index contributed by atoms with van der Waals surface area (Å²) in [6, 6.07) is 3.52. The molecule has 0 unspecified atom stereocenters. The molecule has 104 valence electrons. The van der Waals surface area contributed by atoms with Crippen LogP contribution in [0, 0.1) is 5.82 Å². The number of ether oxygens (including phenoxy) is 1. The van der Waals surface area contributed by atoms with Crippen LogP contribution in [0.4, 0.5) is 18.9 Å². The van der Waals surface area contributed by atoms with Gasteiger partial charge in [0.1, 0.15) is 18.3 Å². The van der Waals surface area contributed by atoms with Crippen molar-refractivity contribution in [3.8, 4) is 0 Å². The quantitative estimate of drug-likeness (QED) is 0.805. The highest BCUT2D eigenvalue weighted by Gasteiger charge is 2.44. The van der Waals surface area contributed by atoms with Crippen LogP contribution in [0.1, 0.15) is 12.0 Å². The number of nitrogens with zero attached hydrogens (tertiary/aromatic N) is 1. The van der Waals surface area contributed by atoms with Crippen molar-refractivity contribution in [2.75, 3.05) is 18.9 Å². The van der Waals surface area contributed by atoms with Gasteiger partial charge in [0.2, 0.25) is 0 Å². The summed E-state index contributed by atoms with van der Waals surface area (Å²) in [5, 5.41) is 0. The zero-order valence-corrected chi connectivity index (χ0v) is 10.1. The number of amidine groups is 1. The molecule has 0 aliphatic carbocycles. The second-order valence-corrected chi connectivity index (χ2v) is 4.37. The highest BCUT2D eigenvalue weighted by Crippen LogP contribution is 2.39. The Balaban J connectivity index is 2.61. The van der Waals surface area contributed by atoms with Crippen molar-refractivity contribution in [1.82, 2.24) is 0 Å². The zero-order valence-electron chi connectivity index (χ0n) is 10.1. The van der Waals surface area contributed by atoms with Crippen LogP contribution >= 0.6 is 0 Å². The third kappa shape index (κ3) is 2.51. The fourth-order valence-electron chi connectivity index (χ4n) is 2.09. The average molecular weight is 273 g/mol. The number of rotatable bonds is 2. The number of nitrogen functional groups attached to an aromatic ring is 1. The van der Waals surface area contributed by atoms with Gasteiger partial charge in [0, 0.05) is 17.7 Å². The largest absolute Gasteiger partial charge is 0.399 e. The van der Waals surface area contributed by atoms with Gasteiger partial charge in [-0.05, 0) is 18.2 Å². The van der Waals surface area contributed by atoms with Crippen LogP contribution in [0.5, 0.6) is 0 Å². The topological polar surface area (TPSA) is 73.6 Å². The molecule has 0 saturated carbocycles. The second-order valence-electron chi connectivity index (χ2n) is 4.37. The van der Waals surface area contributed by atoms with Gasteiger partial charge in [0.25, 0.3) is 6.43 Å². The van der Waals surface area contributed by atoms with Crippen molar-refractivity contribution in [2.24, 2.45) is 10.7 Å². The van der Waals surface area contributed by atoms with Gasteiger partial charge in [-0.3, -0.25) is 4.99 Å². The number of aliphatic imine (C=N–C) groups is 1. The van der Waals surface area contributed by atoms with E-state index >= 15 is 0 Å². The van der Waals surface area contributed by atoms with Gasteiger partial charge >= 0.3 is 0 Å². The van der Waals surface area contributed by atoms with Crippen molar-refractivity contribution in [2.45, 2.75) is 18.4 Å². The van der Waals surface area contributed by atoms with E-state index < -0.39 is 17.8 Å². The Bertz CT molecular complexity index is 507. The normalized spacial score (nSPS) is 24.1. The fourth-order valence-corrected chi connectivity index (χ4v) is 2.09. The molecule has 1 aromatic rings. The van der Waals surface area contributed by atoms with Gasteiger partial charge in [0.15, 0.2) is 5.54 Å². The van der Waals surface area contributed by atoms with E-state index in [0.717, 1.165) is 6.07 Å². The number of hydrogen-bond donors (Lipinski definition) is 2. The van der Waals surface area contributed by atoms with Gasteiger partial charge in [0.05, 0.1) is 6.61 Å². The molecule has 1 atom stereocenters. The summed E-state index contributed by atoms with van der Waals surface area (Å²) in [6.45, 7) is -0.0266. The standard InChI is InChI=1S/C12H14F3N3O/c13-9-2-1-7(16)5-8(9)12(11(14)15)3-4-19-6-10(17)18-12/h1-2,5,11H,3-4,6,16H2,(H2,17,18)/t12-/m0/s1. The van der Waals surface area contributed by atoms with Crippen LogP contribution < -0.4 is 11.5 Å². The Kier molecular flexibility index (Phi) is 3.66. The van der Waals surface area contributed by atoms with Crippen molar-refractivity contribution in [3.63, 3.8) is 0 Å². The maximum atomic E-state index is 13.9. The first-order valence-electron chi connectivity index (χ1n) is 5.71. The molecule has 0 fully saturated rings. The summed E-state index contributed by atoms with van der Waals surface area (Å²) < 4.78 is 45.9. The monoisotopic (exact) mass is 273 g/mol. The molecule has 0 saturated heterocycles. The van der Waals surface area contributed by atoms with Gasteiger partial charge in [-0.25, -0.2) is 13.2 Å². The Morgan fingerprint density at radius 3 is 2.74 bits per heavy atom. The minimum atomic E-state index is -2.91. The number of halogens is 3. The molecule has 4 nitrogen and oxygen atoms in total. The van der Waals surface area contributed by atoms with Gasteiger partial charge < -0.3 is 16.2 Å². The number of nitrogens with two attached hydrogens (primary N) is 2. The van der Waals surface area contributed by atoms with Crippen LogP contribution in [0.3, 0.4) is 0 Å². The molecule has 7 heteroatoms. The summed E-state index contributed by atoms with van der Waals surface area (Å²) >= 11 is 0. The Labute approximate surface area is 108 Å². The van der Waals surface area contributed by atoms with Crippen molar-refractivity contribution in [3.05, 3.63) is 29.6 Å². The first-order valence-corrected chi connectivity index (χ1v) is 5.71. The molecular weight excluding hydrogens is 259 g/mol. The summed E-state index contributed by atoms with van der Waals surface area (Å²) in [5.41, 5.74) is 8.95. The van der Waals surface area contributed by atoms with Crippen molar-refractivity contribution < 1.29 is 17.9 Å². The first-order chi connectivity index (χ1) is 8.95. The van der Waals surface area contributed by atoms with Crippen LogP contribution in [0.2, 0.25) is 0 Å². The Morgan fingerprint density at radius 2 is 2.05 bits per heavy atom. The molecule has 1 aliphatic rings. The number of benzene rings is 1. The third-order valence-corrected chi connectivity index (χ3v) is 3.04. The van der Waals surface area contributed by atoms with E-state index in [-0.39, 0.29) is 36.7 Å². The van der Waals surface area contributed by atoms with Crippen LogP contribution in [0.15, 0.2) is 23.2 Å². The van der Waals surface area contributed by atoms with E-state index in [2.05, 4.69) is 4.99 Å². The lowest BCUT2D eigenvalue weighted by molar-refractivity contribution is 0.0331. The summed E-state index contributed by atoms with van der Waals surface area (Å²) in [7, 11) is 0. The van der Waals surface area contributed by atoms with Crippen LogP contribution in [-0.2, 0) is 10.3 Å². The molecular formula is C12H14F3N3O. The molecule has 1 aromatic carbocycles. The highest BCUT2D eigenvalue weighted by atomic mass is 19.3. The minimum Gasteiger partial charge on any atom is -0.399 e.